The topological polar surface area (TPSA) is 104 Å². The van der Waals surface area contributed by atoms with Crippen molar-refractivity contribution in [3.8, 4) is 11.5 Å². The highest BCUT2D eigenvalue weighted by atomic mass is 16.8. The molecule has 2 aliphatic rings. The van der Waals surface area contributed by atoms with E-state index in [1.807, 2.05) is 30.3 Å². The molecule has 0 amide bonds. The molecule has 6 atom stereocenters. The van der Waals surface area contributed by atoms with Crippen LogP contribution >= 0.6 is 0 Å². The SMILES string of the molecule is C=CCOC1C(N=[N+]=[N-])C(Oc2ccc(OC)cc2)OC2COC(c3ccccc3)OC21. The van der Waals surface area contributed by atoms with Crippen LogP contribution in [0.1, 0.15) is 11.9 Å². The lowest BCUT2D eigenvalue weighted by molar-refractivity contribution is -0.335. The Balaban J connectivity index is 1.58. The van der Waals surface area contributed by atoms with Crippen LogP contribution in [-0.2, 0) is 18.9 Å². The van der Waals surface area contributed by atoms with E-state index in [0.717, 1.165) is 5.56 Å². The van der Waals surface area contributed by atoms with Gasteiger partial charge in [0, 0.05) is 10.5 Å². The second kappa shape index (κ2) is 10.5. The molecule has 9 nitrogen and oxygen atoms in total. The molecule has 0 radical (unpaired) electrons. The van der Waals surface area contributed by atoms with E-state index in [9.17, 15) is 5.53 Å². The molecule has 0 saturated carbocycles. The molecule has 32 heavy (non-hydrogen) atoms. The quantitative estimate of drug-likeness (QED) is 0.265. The minimum Gasteiger partial charge on any atom is -0.497 e. The van der Waals surface area contributed by atoms with E-state index >= 15 is 0 Å². The summed E-state index contributed by atoms with van der Waals surface area (Å²) in [5.74, 6) is 1.23. The first-order valence-electron chi connectivity index (χ1n) is 10.3. The predicted molar refractivity (Wildman–Crippen MR) is 115 cm³/mol. The summed E-state index contributed by atoms with van der Waals surface area (Å²) in [5, 5.41) is 3.94. The zero-order valence-corrected chi connectivity index (χ0v) is 17.7. The van der Waals surface area contributed by atoms with Gasteiger partial charge in [0.1, 0.15) is 35.9 Å². The maximum Gasteiger partial charge on any atom is 0.211 e. The van der Waals surface area contributed by atoms with Crippen LogP contribution in [-0.4, -0.2) is 51.0 Å². The van der Waals surface area contributed by atoms with Crippen LogP contribution in [0.15, 0.2) is 72.4 Å². The van der Waals surface area contributed by atoms with Crippen LogP contribution < -0.4 is 9.47 Å². The molecule has 0 spiro atoms. The van der Waals surface area contributed by atoms with Crippen LogP contribution in [0.25, 0.3) is 10.4 Å². The van der Waals surface area contributed by atoms with E-state index in [1.165, 1.54) is 0 Å². The fourth-order valence-electron chi connectivity index (χ4n) is 3.78. The summed E-state index contributed by atoms with van der Waals surface area (Å²) >= 11 is 0. The van der Waals surface area contributed by atoms with Crippen LogP contribution in [0, 0.1) is 0 Å². The molecule has 2 saturated heterocycles. The second-order valence-electron chi connectivity index (χ2n) is 7.30. The van der Waals surface area contributed by atoms with Gasteiger partial charge < -0.3 is 28.4 Å². The number of hydrogen-bond donors (Lipinski definition) is 0. The number of benzene rings is 2. The van der Waals surface area contributed by atoms with E-state index in [-0.39, 0.29) is 13.2 Å². The van der Waals surface area contributed by atoms with Gasteiger partial charge in [-0.3, -0.25) is 0 Å². The third-order valence-electron chi connectivity index (χ3n) is 5.28. The minimum atomic E-state index is -0.893. The average molecular weight is 439 g/mol. The zero-order chi connectivity index (χ0) is 22.3. The van der Waals surface area contributed by atoms with Crippen molar-refractivity contribution in [1.82, 2.24) is 0 Å². The molecule has 2 aliphatic heterocycles. The molecule has 2 heterocycles. The van der Waals surface area contributed by atoms with Crippen LogP contribution in [0.3, 0.4) is 0 Å². The Bertz CT molecular complexity index is 935. The predicted octanol–water partition coefficient (Wildman–Crippen LogP) is 4.16. The lowest BCUT2D eigenvalue weighted by Crippen LogP contribution is -2.63. The normalized spacial score (nSPS) is 29.3. The van der Waals surface area contributed by atoms with Crippen molar-refractivity contribution in [2.24, 2.45) is 5.11 Å². The highest BCUT2D eigenvalue weighted by Gasteiger charge is 2.51. The van der Waals surface area contributed by atoms with Gasteiger partial charge in [0.05, 0.1) is 20.3 Å². The molecule has 4 rings (SSSR count). The third kappa shape index (κ3) is 4.88. The maximum absolute atomic E-state index is 9.23. The molecule has 6 unspecified atom stereocenters. The van der Waals surface area contributed by atoms with Crippen molar-refractivity contribution in [2.75, 3.05) is 20.3 Å². The van der Waals surface area contributed by atoms with Gasteiger partial charge in [-0.2, -0.15) is 0 Å². The summed E-state index contributed by atoms with van der Waals surface area (Å²) in [6.45, 7) is 4.24. The van der Waals surface area contributed by atoms with Gasteiger partial charge in [0.15, 0.2) is 6.29 Å². The monoisotopic (exact) mass is 439 g/mol. The van der Waals surface area contributed by atoms with Crippen LogP contribution in [0.4, 0.5) is 0 Å². The molecule has 0 aromatic heterocycles. The Hall–Kier alpha value is -3.07. The number of ether oxygens (including phenoxy) is 6. The highest BCUT2D eigenvalue weighted by molar-refractivity contribution is 5.31. The standard InChI is InChI=1S/C23H25N3O6/c1-3-13-28-21-19(25-26-24)23(30-17-11-9-16(27-2)10-12-17)31-18-14-29-22(32-20(18)21)15-7-5-4-6-8-15/h3-12,18-23H,1,13-14H2,2H3. The Morgan fingerprint density at radius 2 is 1.88 bits per heavy atom. The van der Waals surface area contributed by atoms with Gasteiger partial charge in [0.25, 0.3) is 0 Å². The second-order valence-corrected chi connectivity index (χ2v) is 7.30. The van der Waals surface area contributed by atoms with E-state index in [4.69, 9.17) is 28.4 Å². The summed E-state index contributed by atoms with van der Waals surface area (Å²) in [6, 6.07) is 15.9. The summed E-state index contributed by atoms with van der Waals surface area (Å²) in [5.41, 5.74) is 10.1. The molecule has 0 bridgehead atoms. The third-order valence-corrected chi connectivity index (χ3v) is 5.28. The van der Waals surface area contributed by atoms with Gasteiger partial charge in [-0.05, 0) is 29.8 Å². The zero-order valence-electron chi connectivity index (χ0n) is 17.7. The van der Waals surface area contributed by atoms with Crippen LogP contribution in [0.2, 0.25) is 0 Å². The number of hydrogen-bond acceptors (Lipinski definition) is 7. The first-order chi connectivity index (χ1) is 15.7. The Kier molecular flexibility index (Phi) is 7.26. The molecular formula is C23H25N3O6. The molecule has 2 fully saturated rings. The molecule has 0 aliphatic carbocycles. The number of rotatable bonds is 8. The lowest BCUT2D eigenvalue weighted by Gasteiger charge is -2.47. The van der Waals surface area contributed by atoms with E-state index in [0.29, 0.717) is 11.5 Å². The summed E-state index contributed by atoms with van der Waals surface area (Å²) in [4.78, 5) is 3.00. The van der Waals surface area contributed by atoms with Crippen molar-refractivity contribution in [2.45, 2.75) is 36.9 Å². The first-order valence-corrected chi connectivity index (χ1v) is 10.3. The Morgan fingerprint density at radius 3 is 2.56 bits per heavy atom. The maximum atomic E-state index is 9.23. The van der Waals surface area contributed by atoms with Crippen LogP contribution in [0.5, 0.6) is 11.5 Å². The van der Waals surface area contributed by atoms with E-state index in [2.05, 4.69) is 16.6 Å². The van der Waals surface area contributed by atoms with Gasteiger partial charge in [-0.25, -0.2) is 0 Å². The smallest absolute Gasteiger partial charge is 0.211 e. The van der Waals surface area contributed by atoms with Gasteiger partial charge >= 0.3 is 0 Å². The van der Waals surface area contributed by atoms with Crippen molar-refractivity contribution in [3.05, 3.63) is 83.3 Å². The first kappa shape index (κ1) is 22.1. The molecule has 2 aromatic rings. The number of methoxy groups -OCH3 is 1. The fourth-order valence-corrected chi connectivity index (χ4v) is 3.78. The van der Waals surface area contributed by atoms with Gasteiger partial charge in [-0.1, -0.05) is 41.5 Å². The Labute approximate surface area is 186 Å². The molecule has 0 N–H and O–H groups in total. The van der Waals surface area contributed by atoms with Crippen molar-refractivity contribution >= 4 is 0 Å². The van der Waals surface area contributed by atoms with E-state index < -0.39 is 36.9 Å². The average Bonchev–Trinajstić information content (AvgIpc) is 2.84. The van der Waals surface area contributed by atoms with E-state index in [1.54, 1.807) is 37.5 Å². The fraction of sp³-hybridized carbons (Fsp3) is 0.391. The van der Waals surface area contributed by atoms with Gasteiger partial charge in [0.2, 0.25) is 6.29 Å². The summed E-state index contributed by atoms with van der Waals surface area (Å²) in [7, 11) is 1.59. The number of azide groups is 1. The molecule has 9 heteroatoms. The summed E-state index contributed by atoms with van der Waals surface area (Å²) in [6.07, 6.45) is -1.47. The highest BCUT2D eigenvalue weighted by Crippen LogP contribution is 2.37. The minimum absolute atomic E-state index is 0.251. The van der Waals surface area contributed by atoms with Gasteiger partial charge in [-0.15, -0.1) is 6.58 Å². The molecule has 168 valence electrons. The van der Waals surface area contributed by atoms with Crippen molar-refractivity contribution in [3.63, 3.8) is 0 Å². The number of fused-ring (bicyclic) bond motifs is 1. The number of nitrogens with zero attached hydrogens (tertiary/aromatic N) is 3. The summed E-state index contributed by atoms with van der Waals surface area (Å²) < 4.78 is 35.5. The molecular weight excluding hydrogens is 414 g/mol. The van der Waals surface area contributed by atoms with Crippen molar-refractivity contribution < 1.29 is 28.4 Å². The largest absolute Gasteiger partial charge is 0.497 e. The lowest BCUT2D eigenvalue weighted by atomic mass is 9.96. The van der Waals surface area contributed by atoms with Crippen molar-refractivity contribution in [1.29, 1.82) is 0 Å². The molecule has 2 aromatic carbocycles. The Morgan fingerprint density at radius 1 is 1.12 bits per heavy atom.